The van der Waals surface area contributed by atoms with E-state index >= 15 is 0 Å². The van der Waals surface area contributed by atoms with E-state index in [1.54, 1.807) is 12.1 Å². The van der Waals surface area contributed by atoms with Crippen molar-refractivity contribution in [3.8, 4) is 23.8 Å². The Morgan fingerprint density at radius 2 is 2.00 bits per heavy atom. The molecule has 2 amide bonds. The Balaban J connectivity index is 2.53. The van der Waals surface area contributed by atoms with Crippen molar-refractivity contribution in [2.75, 3.05) is 13.7 Å². The number of amides is 2. The van der Waals surface area contributed by atoms with Gasteiger partial charge in [0.1, 0.15) is 12.2 Å². The fraction of sp³-hybridized carbons (Fsp3) is 0.133. The summed E-state index contributed by atoms with van der Waals surface area (Å²) < 4.78 is 11.4. The van der Waals surface area contributed by atoms with Gasteiger partial charge in [0.2, 0.25) is 0 Å². The van der Waals surface area contributed by atoms with Crippen LogP contribution in [0.2, 0.25) is 0 Å². The molecule has 6 nitrogen and oxygen atoms in total. The number of terminal acetylenes is 1. The van der Waals surface area contributed by atoms with Crippen molar-refractivity contribution in [3.63, 3.8) is 0 Å². The van der Waals surface area contributed by atoms with Gasteiger partial charge in [0.25, 0.3) is 11.8 Å². The van der Waals surface area contributed by atoms with E-state index in [0.717, 1.165) is 0 Å². The third-order valence-electron chi connectivity index (χ3n) is 2.81. The second-order valence-corrected chi connectivity index (χ2v) is 5.64. The molecule has 0 unspecified atom stereocenters. The van der Waals surface area contributed by atoms with Crippen LogP contribution in [0, 0.1) is 12.3 Å². The SMILES string of the molecule is C#CCOc1c(C=C2C(=O)NC(=S)NC2=O)cc(Br)cc1OC. The largest absolute Gasteiger partial charge is 0.493 e. The van der Waals surface area contributed by atoms with E-state index in [4.69, 9.17) is 28.1 Å². The first-order chi connectivity index (χ1) is 11.0. The first-order valence-electron chi connectivity index (χ1n) is 6.28. The van der Waals surface area contributed by atoms with Crippen LogP contribution in [-0.4, -0.2) is 30.6 Å². The zero-order valence-electron chi connectivity index (χ0n) is 11.9. The molecular formula is C15H11BrN2O4S. The number of carbonyl (C=O) groups excluding carboxylic acids is 2. The first kappa shape index (κ1) is 17.0. The van der Waals surface area contributed by atoms with E-state index in [1.165, 1.54) is 13.2 Å². The number of thiocarbonyl (C=S) groups is 1. The van der Waals surface area contributed by atoms with Gasteiger partial charge in [-0.1, -0.05) is 21.9 Å². The maximum Gasteiger partial charge on any atom is 0.263 e. The van der Waals surface area contributed by atoms with Gasteiger partial charge in [0, 0.05) is 10.0 Å². The van der Waals surface area contributed by atoms with E-state index < -0.39 is 11.8 Å². The number of hydrogen-bond donors (Lipinski definition) is 2. The maximum absolute atomic E-state index is 11.9. The average Bonchev–Trinajstić information content (AvgIpc) is 2.49. The van der Waals surface area contributed by atoms with Gasteiger partial charge < -0.3 is 9.47 Å². The second kappa shape index (κ2) is 7.26. The lowest BCUT2D eigenvalue weighted by molar-refractivity contribution is -0.123. The number of methoxy groups -OCH3 is 1. The Labute approximate surface area is 146 Å². The molecule has 2 rings (SSSR count). The molecule has 0 spiro atoms. The molecule has 118 valence electrons. The zero-order chi connectivity index (χ0) is 17.0. The topological polar surface area (TPSA) is 76.7 Å². The van der Waals surface area contributed by atoms with Crippen molar-refractivity contribution in [2.45, 2.75) is 0 Å². The van der Waals surface area contributed by atoms with Crippen molar-refractivity contribution >= 4 is 51.2 Å². The molecule has 1 fully saturated rings. The summed E-state index contributed by atoms with van der Waals surface area (Å²) >= 11 is 8.09. The lowest BCUT2D eigenvalue weighted by Gasteiger charge is -2.17. The number of benzene rings is 1. The minimum atomic E-state index is -0.597. The molecule has 0 bridgehead atoms. The Hall–Kier alpha value is -2.37. The third-order valence-corrected chi connectivity index (χ3v) is 3.47. The van der Waals surface area contributed by atoms with Gasteiger partial charge in [-0.15, -0.1) is 6.42 Å². The summed E-state index contributed by atoms with van der Waals surface area (Å²) in [5, 5.41) is 4.69. The Morgan fingerprint density at radius 3 is 2.57 bits per heavy atom. The molecule has 0 saturated carbocycles. The third kappa shape index (κ3) is 3.88. The molecule has 0 radical (unpaired) electrons. The van der Waals surface area contributed by atoms with E-state index in [1.807, 2.05) is 0 Å². The number of hydrogen-bond acceptors (Lipinski definition) is 5. The molecule has 8 heteroatoms. The summed E-state index contributed by atoms with van der Waals surface area (Å²) in [5.74, 6) is 1.90. The molecule has 1 aromatic rings. The molecule has 0 aliphatic carbocycles. The average molecular weight is 395 g/mol. The van der Waals surface area contributed by atoms with E-state index in [-0.39, 0.29) is 17.3 Å². The molecule has 1 aliphatic heterocycles. The Bertz CT molecular complexity index is 745. The number of ether oxygens (including phenoxy) is 2. The predicted molar refractivity (Wildman–Crippen MR) is 91.9 cm³/mol. The Kier molecular flexibility index (Phi) is 5.36. The molecule has 1 saturated heterocycles. The van der Waals surface area contributed by atoms with Gasteiger partial charge in [0.05, 0.1) is 7.11 Å². The van der Waals surface area contributed by atoms with Crippen molar-refractivity contribution < 1.29 is 19.1 Å². The number of nitrogens with one attached hydrogen (secondary N) is 2. The second-order valence-electron chi connectivity index (χ2n) is 4.31. The van der Waals surface area contributed by atoms with Gasteiger partial charge in [-0.25, -0.2) is 0 Å². The van der Waals surface area contributed by atoms with Crippen molar-refractivity contribution in [1.82, 2.24) is 10.6 Å². The van der Waals surface area contributed by atoms with E-state index in [2.05, 4.69) is 32.5 Å². The maximum atomic E-state index is 11.9. The van der Waals surface area contributed by atoms with Crippen LogP contribution in [0.25, 0.3) is 6.08 Å². The van der Waals surface area contributed by atoms with Gasteiger partial charge in [0.15, 0.2) is 16.6 Å². The minimum Gasteiger partial charge on any atom is -0.493 e. The molecule has 0 atom stereocenters. The highest BCUT2D eigenvalue weighted by molar-refractivity contribution is 9.10. The van der Waals surface area contributed by atoms with E-state index in [9.17, 15) is 9.59 Å². The normalized spacial score (nSPS) is 13.8. The van der Waals surface area contributed by atoms with Gasteiger partial charge in [-0.3, -0.25) is 20.2 Å². The molecule has 0 aromatic heterocycles. The number of carbonyl (C=O) groups is 2. The summed E-state index contributed by atoms with van der Waals surface area (Å²) in [5.41, 5.74) is 0.351. The van der Waals surface area contributed by atoms with Crippen LogP contribution in [-0.2, 0) is 9.59 Å². The van der Waals surface area contributed by atoms with Crippen LogP contribution < -0.4 is 20.1 Å². The Morgan fingerprint density at radius 1 is 1.35 bits per heavy atom. The lowest BCUT2D eigenvalue weighted by Crippen LogP contribution is -2.51. The number of rotatable bonds is 4. The van der Waals surface area contributed by atoms with Crippen LogP contribution in [0.4, 0.5) is 0 Å². The molecule has 23 heavy (non-hydrogen) atoms. The quantitative estimate of drug-likeness (QED) is 0.349. The molecule has 2 N–H and O–H groups in total. The molecule has 1 aliphatic rings. The van der Waals surface area contributed by atoms with Crippen LogP contribution >= 0.6 is 28.1 Å². The summed E-state index contributed by atoms with van der Waals surface area (Å²) in [6, 6.07) is 3.36. The van der Waals surface area contributed by atoms with Gasteiger partial charge in [-0.05, 0) is 30.4 Å². The minimum absolute atomic E-state index is 0.0106. The highest BCUT2D eigenvalue weighted by atomic mass is 79.9. The predicted octanol–water partition coefficient (Wildman–Crippen LogP) is 1.38. The highest BCUT2D eigenvalue weighted by Gasteiger charge is 2.26. The monoisotopic (exact) mass is 394 g/mol. The lowest BCUT2D eigenvalue weighted by atomic mass is 10.1. The number of halogens is 1. The van der Waals surface area contributed by atoms with Crippen molar-refractivity contribution in [1.29, 1.82) is 0 Å². The fourth-order valence-electron chi connectivity index (χ4n) is 1.88. The molecule has 1 aromatic carbocycles. The van der Waals surface area contributed by atoms with Crippen LogP contribution in [0.5, 0.6) is 11.5 Å². The zero-order valence-corrected chi connectivity index (χ0v) is 14.3. The van der Waals surface area contributed by atoms with Gasteiger partial charge in [-0.2, -0.15) is 0 Å². The molecular weight excluding hydrogens is 384 g/mol. The van der Waals surface area contributed by atoms with Crippen LogP contribution in [0.3, 0.4) is 0 Å². The summed E-state index contributed by atoms with van der Waals surface area (Å²) in [6.07, 6.45) is 6.59. The van der Waals surface area contributed by atoms with Crippen molar-refractivity contribution in [2.24, 2.45) is 0 Å². The fourth-order valence-corrected chi connectivity index (χ4v) is 2.52. The standard InChI is InChI=1S/C15H11BrN2O4S/c1-3-4-22-12-8(5-9(16)7-11(12)21-2)6-10-13(19)17-15(23)18-14(10)20/h1,5-7H,4H2,2H3,(H2,17,18,19,20,23). The highest BCUT2D eigenvalue weighted by Crippen LogP contribution is 2.36. The van der Waals surface area contributed by atoms with E-state index in [0.29, 0.717) is 21.5 Å². The smallest absolute Gasteiger partial charge is 0.263 e. The first-order valence-corrected chi connectivity index (χ1v) is 7.48. The van der Waals surface area contributed by atoms with Crippen LogP contribution in [0.15, 0.2) is 22.2 Å². The molecule has 1 heterocycles. The summed E-state index contributed by atoms with van der Waals surface area (Å²) in [4.78, 5) is 23.9. The summed E-state index contributed by atoms with van der Waals surface area (Å²) in [6.45, 7) is 0.0106. The van der Waals surface area contributed by atoms with Crippen molar-refractivity contribution in [3.05, 3.63) is 27.7 Å². The summed E-state index contributed by atoms with van der Waals surface area (Å²) in [7, 11) is 1.47. The van der Waals surface area contributed by atoms with Gasteiger partial charge >= 0.3 is 0 Å². The van der Waals surface area contributed by atoms with Crippen LogP contribution in [0.1, 0.15) is 5.56 Å².